The van der Waals surface area contributed by atoms with Crippen molar-refractivity contribution < 1.29 is 0 Å². The van der Waals surface area contributed by atoms with Crippen molar-refractivity contribution in [1.82, 2.24) is 14.5 Å². The van der Waals surface area contributed by atoms with Crippen LogP contribution in [0.25, 0.3) is 16.0 Å². The molecule has 1 aliphatic rings. The van der Waals surface area contributed by atoms with E-state index in [4.69, 9.17) is 4.98 Å². The van der Waals surface area contributed by atoms with Gasteiger partial charge in [-0.05, 0) is 38.3 Å². The Labute approximate surface area is 155 Å². The summed E-state index contributed by atoms with van der Waals surface area (Å²) in [7, 11) is 2.11. The summed E-state index contributed by atoms with van der Waals surface area (Å²) in [6.45, 7) is 5.99. The van der Waals surface area contributed by atoms with Crippen LogP contribution >= 0.6 is 23.1 Å². The van der Waals surface area contributed by atoms with Crippen LogP contribution in [0.5, 0.6) is 0 Å². The third-order valence-electron chi connectivity index (χ3n) is 4.57. The molecule has 0 unspecified atom stereocenters. The summed E-state index contributed by atoms with van der Waals surface area (Å²) in [4.78, 5) is 22.2. The van der Waals surface area contributed by atoms with Crippen LogP contribution < -0.4 is 5.43 Å². The SMILES string of the molecule is CCSc1nc2c(=O)c3c(sc2n1-c1ccc(C)cc1)CN(C)CC3. The normalized spacial score (nSPS) is 14.8. The average Bonchev–Trinajstić information content (AvgIpc) is 2.94. The summed E-state index contributed by atoms with van der Waals surface area (Å²) < 4.78 is 2.16. The largest absolute Gasteiger partial charge is 0.301 e. The molecule has 2 aromatic heterocycles. The lowest BCUT2D eigenvalue weighted by atomic mass is 10.1. The van der Waals surface area contributed by atoms with Crippen LogP contribution in [0.3, 0.4) is 0 Å². The van der Waals surface area contributed by atoms with E-state index in [9.17, 15) is 4.79 Å². The number of fused-ring (bicyclic) bond motifs is 2. The molecule has 6 heteroatoms. The summed E-state index contributed by atoms with van der Waals surface area (Å²) in [6.07, 6.45) is 0.824. The fourth-order valence-corrected chi connectivity index (χ4v) is 5.38. The first kappa shape index (κ1) is 16.8. The van der Waals surface area contributed by atoms with Gasteiger partial charge in [-0.25, -0.2) is 4.98 Å². The first-order valence-electron chi connectivity index (χ1n) is 8.54. The zero-order chi connectivity index (χ0) is 17.6. The van der Waals surface area contributed by atoms with Gasteiger partial charge in [0, 0.05) is 29.2 Å². The number of aromatic nitrogens is 2. The number of aryl methyl sites for hydroxylation is 1. The molecule has 0 saturated heterocycles. The van der Waals surface area contributed by atoms with Crippen LogP contribution in [0.2, 0.25) is 0 Å². The van der Waals surface area contributed by atoms with E-state index < -0.39 is 0 Å². The molecule has 0 amide bonds. The lowest BCUT2D eigenvalue weighted by molar-refractivity contribution is 0.316. The van der Waals surface area contributed by atoms with Crippen molar-refractivity contribution >= 4 is 33.4 Å². The topological polar surface area (TPSA) is 38.1 Å². The van der Waals surface area contributed by atoms with Crippen LogP contribution in [0.4, 0.5) is 0 Å². The van der Waals surface area contributed by atoms with Gasteiger partial charge in [0.25, 0.3) is 0 Å². The van der Waals surface area contributed by atoms with Gasteiger partial charge in [0.15, 0.2) is 5.16 Å². The molecule has 1 aliphatic heterocycles. The Morgan fingerprint density at radius 2 is 2.04 bits per heavy atom. The maximum absolute atomic E-state index is 13.0. The molecule has 0 spiro atoms. The number of hydrogen-bond acceptors (Lipinski definition) is 5. The standard InChI is InChI=1S/C19H21N3OS2/c1-4-24-19-20-16-17(23)14-9-10-21(3)11-15(14)25-18(16)22(19)13-7-5-12(2)6-8-13/h5-8H,4,9-11H2,1-3H3. The zero-order valence-corrected chi connectivity index (χ0v) is 16.3. The Morgan fingerprint density at radius 1 is 1.28 bits per heavy atom. The second-order valence-corrected chi connectivity index (χ2v) is 8.79. The van der Waals surface area contributed by atoms with Crippen LogP contribution in [0.15, 0.2) is 34.2 Å². The molecule has 0 fully saturated rings. The number of hydrogen-bond donors (Lipinski definition) is 0. The van der Waals surface area contributed by atoms with Crippen LogP contribution in [-0.4, -0.2) is 33.8 Å². The molecule has 0 N–H and O–H groups in total. The molecular formula is C19H21N3OS2. The highest BCUT2D eigenvalue weighted by molar-refractivity contribution is 7.99. The van der Waals surface area contributed by atoms with Gasteiger partial charge >= 0.3 is 0 Å². The third kappa shape index (κ3) is 2.92. The Balaban J connectivity index is 2.01. The molecule has 3 aromatic rings. The quantitative estimate of drug-likeness (QED) is 0.656. The maximum atomic E-state index is 13.0. The molecule has 0 atom stereocenters. The zero-order valence-electron chi connectivity index (χ0n) is 14.7. The van der Waals surface area contributed by atoms with Crippen molar-refractivity contribution in [3.8, 4) is 5.69 Å². The van der Waals surface area contributed by atoms with E-state index in [-0.39, 0.29) is 5.43 Å². The molecule has 0 bridgehead atoms. The highest BCUT2D eigenvalue weighted by Gasteiger charge is 2.23. The van der Waals surface area contributed by atoms with Crippen LogP contribution in [0, 0.1) is 6.92 Å². The molecule has 0 aliphatic carbocycles. The molecule has 4 nitrogen and oxygen atoms in total. The minimum absolute atomic E-state index is 0.126. The highest BCUT2D eigenvalue weighted by atomic mass is 32.2. The number of thioether (sulfide) groups is 1. The van der Waals surface area contributed by atoms with Crippen molar-refractivity contribution in [2.45, 2.75) is 32.0 Å². The van der Waals surface area contributed by atoms with Crippen molar-refractivity contribution in [3.05, 3.63) is 50.5 Å². The second-order valence-electron chi connectivity index (χ2n) is 6.47. The lowest BCUT2D eigenvalue weighted by Gasteiger charge is -2.23. The monoisotopic (exact) mass is 371 g/mol. The maximum Gasteiger partial charge on any atom is 0.211 e. The van der Waals surface area contributed by atoms with Gasteiger partial charge in [-0.3, -0.25) is 9.36 Å². The molecule has 25 heavy (non-hydrogen) atoms. The van der Waals surface area contributed by atoms with Crippen LogP contribution in [0.1, 0.15) is 22.9 Å². The van der Waals surface area contributed by atoms with Gasteiger partial charge in [-0.1, -0.05) is 36.4 Å². The Morgan fingerprint density at radius 3 is 2.76 bits per heavy atom. The van der Waals surface area contributed by atoms with E-state index in [2.05, 4.69) is 54.6 Å². The van der Waals surface area contributed by atoms with E-state index in [1.54, 1.807) is 23.1 Å². The molecule has 1 aromatic carbocycles. The highest BCUT2D eigenvalue weighted by Crippen LogP contribution is 2.32. The van der Waals surface area contributed by atoms with Crippen molar-refractivity contribution in [3.63, 3.8) is 0 Å². The smallest absolute Gasteiger partial charge is 0.211 e. The minimum atomic E-state index is 0.126. The fourth-order valence-electron chi connectivity index (χ4n) is 3.23. The first-order valence-corrected chi connectivity index (χ1v) is 10.3. The van der Waals surface area contributed by atoms with Gasteiger partial charge in [-0.15, -0.1) is 11.3 Å². The van der Waals surface area contributed by atoms with E-state index in [1.165, 1.54) is 10.4 Å². The summed E-state index contributed by atoms with van der Waals surface area (Å²) in [5.74, 6) is 0.927. The number of likely N-dealkylation sites (N-methyl/N-ethyl adjacent to an activating group) is 1. The van der Waals surface area contributed by atoms with Crippen LogP contribution in [-0.2, 0) is 13.0 Å². The summed E-state index contributed by atoms with van der Waals surface area (Å²) in [6, 6.07) is 8.44. The van der Waals surface area contributed by atoms with E-state index >= 15 is 0 Å². The summed E-state index contributed by atoms with van der Waals surface area (Å²) in [5, 5.41) is 0.908. The molecule has 130 valence electrons. The minimum Gasteiger partial charge on any atom is -0.301 e. The van der Waals surface area contributed by atoms with Crippen molar-refractivity contribution in [2.24, 2.45) is 0 Å². The molecular weight excluding hydrogens is 350 g/mol. The number of benzene rings is 1. The van der Waals surface area contributed by atoms with Gasteiger partial charge in [0.1, 0.15) is 10.3 Å². The number of nitrogens with zero attached hydrogens (tertiary/aromatic N) is 3. The Bertz CT molecular complexity index is 989. The van der Waals surface area contributed by atoms with E-state index in [0.717, 1.165) is 46.5 Å². The average molecular weight is 372 g/mol. The van der Waals surface area contributed by atoms with Crippen molar-refractivity contribution in [1.29, 1.82) is 0 Å². The predicted octanol–water partition coefficient (Wildman–Crippen LogP) is 3.86. The summed E-state index contributed by atoms with van der Waals surface area (Å²) in [5.41, 5.74) is 4.02. The van der Waals surface area contributed by atoms with E-state index in [0.29, 0.717) is 5.52 Å². The van der Waals surface area contributed by atoms with Crippen molar-refractivity contribution in [2.75, 3.05) is 19.3 Å². The first-order chi connectivity index (χ1) is 12.1. The predicted molar refractivity (Wildman–Crippen MR) is 106 cm³/mol. The summed E-state index contributed by atoms with van der Waals surface area (Å²) >= 11 is 3.41. The van der Waals surface area contributed by atoms with Gasteiger partial charge in [-0.2, -0.15) is 0 Å². The lowest BCUT2D eigenvalue weighted by Crippen LogP contribution is -2.30. The molecule has 4 rings (SSSR count). The second kappa shape index (κ2) is 6.59. The Kier molecular flexibility index (Phi) is 4.43. The number of imidazole rings is 1. The number of rotatable bonds is 3. The molecule has 0 radical (unpaired) electrons. The van der Waals surface area contributed by atoms with Gasteiger partial charge in [0.2, 0.25) is 5.43 Å². The Hall–Kier alpha value is -1.63. The van der Waals surface area contributed by atoms with E-state index in [1.807, 2.05) is 0 Å². The molecule has 0 saturated carbocycles. The van der Waals surface area contributed by atoms with Gasteiger partial charge < -0.3 is 4.90 Å². The fraction of sp³-hybridized carbons (Fsp3) is 0.368. The van der Waals surface area contributed by atoms with Gasteiger partial charge in [0.05, 0.1) is 0 Å². The third-order valence-corrected chi connectivity index (χ3v) is 6.58. The molecule has 3 heterocycles.